The van der Waals surface area contributed by atoms with Gasteiger partial charge in [0.15, 0.2) is 0 Å². The van der Waals surface area contributed by atoms with E-state index in [1.165, 1.54) is 18.7 Å². The fraction of sp³-hybridized carbons (Fsp3) is 0.882. The van der Waals surface area contributed by atoms with Crippen molar-refractivity contribution in [2.24, 2.45) is 11.8 Å². The second-order valence-electron chi connectivity index (χ2n) is 6.07. The van der Waals surface area contributed by atoms with Gasteiger partial charge in [0.2, 0.25) is 0 Å². The fourth-order valence-electron chi connectivity index (χ4n) is 1.73. The van der Waals surface area contributed by atoms with Gasteiger partial charge in [-0.15, -0.1) is 0 Å². The lowest BCUT2D eigenvalue weighted by molar-refractivity contribution is -0.142. The maximum Gasteiger partial charge on any atom is 0.302 e. The Kier molecular flexibility index (Phi) is 18.1. The quantitative estimate of drug-likeness (QED) is 0.474. The van der Waals surface area contributed by atoms with Gasteiger partial charge in [0.05, 0.1) is 19.8 Å². The zero-order chi connectivity index (χ0) is 19.0. The van der Waals surface area contributed by atoms with Crippen molar-refractivity contribution in [3.8, 4) is 0 Å². The van der Waals surface area contributed by atoms with Gasteiger partial charge in [0, 0.05) is 20.0 Å². The summed E-state index contributed by atoms with van der Waals surface area (Å²) >= 11 is 1.41. The Morgan fingerprint density at radius 1 is 1.04 bits per heavy atom. The number of carbonyl (C=O) groups is 2. The molecule has 0 aliphatic rings. The maximum atomic E-state index is 11.7. The summed E-state index contributed by atoms with van der Waals surface area (Å²) in [6.07, 6.45) is 0. The highest BCUT2D eigenvalue weighted by Crippen LogP contribution is 2.12. The van der Waals surface area contributed by atoms with E-state index in [-0.39, 0.29) is 24.4 Å². The highest BCUT2D eigenvalue weighted by Gasteiger charge is 2.15. The van der Waals surface area contributed by atoms with Gasteiger partial charge in [-0.1, -0.05) is 46.4 Å². The van der Waals surface area contributed by atoms with Crippen LogP contribution in [0.5, 0.6) is 0 Å². The minimum atomic E-state index is -0.312. The minimum absolute atomic E-state index is 0.0000709. The van der Waals surface area contributed by atoms with Crippen LogP contribution in [-0.4, -0.2) is 66.5 Å². The number of esters is 1. The molecule has 0 saturated heterocycles. The summed E-state index contributed by atoms with van der Waals surface area (Å²) in [6, 6.07) is 0. The highest BCUT2D eigenvalue weighted by molar-refractivity contribution is 8.13. The molecule has 1 N–H and O–H groups in total. The largest absolute Gasteiger partial charge is 0.463 e. The van der Waals surface area contributed by atoms with E-state index in [9.17, 15) is 9.59 Å². The van der Waals surface area contributed by atoms with Gasteiger partial charge in [0.1, 0.15) is 6.61 Å². The van der Waals surface area contributed by atoms with Crippen LogP contribution in [0.2, 0.25) is 0 Å². The van der Waals surface area contributed by atoms with Crippen molar-refractivity contribution in [2.45, 2.75) is 41.5 Å². The van der Waals surface area contributed by atoms with Crippen molar-refractivity contribution in [3.63, 3.8) is 0 Å². The van der Waals surface area contributed by atoms with Crippen LogP contribution in [-0.2, 0) is 14.3 Å². The third-order valence-electron chi connectivity index (χ3n) is 2.47. The molecule has 0 atom stereocenters. The Balaban J connectivity index is 0. The standard InChI is InChI=1S/C11H23NOS.C6H12O4/c1-6-14-11(13)12(7-9(2)3)8-10(4)5;1-6(8)10-5-4-9-3-2-7/h9-10H,6-8H2,1-5H3;7H,2-5H2,1H3. The molecule has 1 amide bonds. The van der Waals surface area contributed by atoms with Crippen LogP contribution >= 0.6 is 11.8 Å². The SMILES string of the molecule is CC(=O)OCCOCCO.CCSC(=O)N(CC(C)C)CC(C)C. The van der Waals surface area contributed by atoms with E-state index in [0.717, 1.165) is 18.8 Å². The van der Waals surface area contributed by atoms with Crippen molar-refractivity contribution in [1.82, 2.24) is 4.90 Å². The van der Waals surface area contributed by atoms with E-state index >= 15 is 0 Å². The van der Waals surface area contributed by atoms with Gasteiger partial charge in [-0.3, -0.25) is 9.59 Å². The number of amides is 1. The van der Waals surface area contributed by atoms with Crippen molar-refractivity contribution in [1.29, 1.82) is 0 Å². The van der Waals surface area contributed by atoms with Crippen LogP contribution in [0.25, 0.3) is 0 Å². The normalized spacial score (nSPS) is 10.4. The second-order valence-corrected chi connectivity index (χ2v) is 7.28. The van der Waals surface area contributed by atoms with E-state index in [1.54, 1.807) is 0 Å². The number of carbonyl (C=O) groups excluding carboxylic acids is 2. The molecule has 0 aromatic heterocycles. The lowest BCUT2D eigenvalue weighted by Gasteiger charge is -2.25. The van der Waals surface area contributed by atoms with E-state index in [0.29, 0.717) is 25.0 Å². The number of nitrogens with zero attached hydrogens (tertiary/aromatic N) is 1. The first-order valence-corrected chi connectivity index (χ1v) is 9.46. The fourth-order valence-corrected chi connectivity index (χ4v) is 2.31. The maximum absolute atomic E-state index is 11.7. The molecule has 0 aliphatic carbocycles. The molecular formula is C17H35NO5S. The predicted octanol–water partition coefficient (Wildman–Crippen LogP) is 3.03. The van der Waals surface area contributed by atoms with Crippen LogP contribution in [0.4, 0.5) is 4.79 Å². The molecule has 0 spiro atoms. The highest BCUT2D eigenvalue weighted by atomic mass is 32.2. The van der Waals surface area contributed by atoms with E-state index < -0.39 is 0 Å². The Hall–Kier alpha value is -0.790. The average molecular weight is 366 g/mol. The molecular weight excluding hydrogens is 330 g/mol. The van der Waals surface area contributed by atoms with Gasteiger partial charge in [0.25, 0.3) is 5.24 Å². The third-order valence-corrected chi connectivity index (χ3v) is 3.26. The summed E-state index contributed by atoms with van der Waals surface area (Å²) in [5, 5.41) is 8.47. The first-order valence-electron chi connectivity index (χ1n) is 8.48. The Labute approximate surface area is 151 Å². The van der Waals surface area contributed by atoms with Crippen molar-refractivity contribution in [2.75, 3.05) is 45.3 Å². The van der Waals surface area contributed by atoms with Crippen LogP contribution in [0, 0.1) is 11.8 Å². The number of ether oxygens (including phenoxy) is 2. The molecule has 0 aliphatic heterocycles. The number of hydrogen-bond donors (Lipinski definition) is 1. The summed E-state index contributed by atoms with van der Waals surface area (Å²) in [4.78, 5) is 23.8. The van der Waals surface area contributed by atoms with Crippen molar-refractivity contribution in [3.05, 3.63) is 0 Å². The van der Waals surface area contributed by atoms with Crippen LogP contribution in [0.15, 0.2) is 0 Å². The first kappa shape index (κ1) is 25.5. The second kappa shape index (κ2) is 17.0. The summed E-state index contributed by atoms with van der Waals surface area (Å²) in [5.74, 6) is 1.66. The molecule has 6 nitrogen and oxygen atoms in total. The lowest BCUT2D eigenvalue weighted by Crippen LogP contribution is -2.34. The van der Waals surface area contributed by atoms with Crippen LogP contribution in [0.1, 0.15) is 41.5 Å². The topological polar surface area (TPSA) is 76.1 Å². The van der Waals surface area contributed by atoms with Gasteiger partial charge in [-0.05, 0) is 17.6 Å². The molecule has 0 aromatic rings. The molecule has 144 valence electrons. The van der Waals surface area contributed by atoms with Gasteiger partial charge in [-0.25, -0.2) is 0 Å². The molecule has 0 fully saturated rings. The number of hydrogen-bond acceptors (Lipinski definition) is 6. The molecule has 0 saturated carbocycles. The molecule has 7 heteroatoms. The smallest absolute Gasteiger partial charge is 0.302 e. The Morgan fingerprint density at radius 2 is 1.58 bits per heavy atom. The van der Waals surface area contributed by atoms with Crippen LogP contribution in [0.3, 0.4) is 0 Å². The van der Waals surface area contributed by atoms with E-state index in [4.69, 9.17) is 9.84 Å². The summed E-state index contributed by atoms with van der Waals surface area (Å²) in [7, 11) is 0. The predicted molar refractivity (Wildman–Crippen MR) is 99.3 cm³/mol. The van der Waals surface area contributed by atoms with Gasteiger partial charge >= 0.3 is 5.97 Å². The van der Waals surface area contributed by atoms with Crippen LogP contribution < -0.4 is 0 Å². The van der Waals surface area contributed by atoms with Gasteiger partial charge in [-0.2, -0.15) is 0 Å². The Morgan fingerprint density at radius 3 is 1.96 bits per heavy atom. The molecule has 0 bridgehead atoms. The molecule has 24 heavy (non-hydrogen) atoms. The van der Waals surface area contributed by atoms with E-state index in [2.05, 4.69) is 32.4 Å². The number of aliphatic hydroxyl groups is 1. The summed E-state index contributed by atoms with van der Waals surface area (Å²) in [6.45, 7) is 14.6. The molecule has 0 aromatic carbocycles. The number of rotatable bonds is 10. The molecule has 0 heterocycles. The number of aliphatic hydroxyl groups excluding tert-OH is 1. The zero-order valence-corrected chi connectivity index (χ0v) is 16.9. The number of thioether (sulfide) groups is 1. The molecule has 0 unspecified atom stereocenters. The van der Waals surface area contributed by atoms with E-state index in [1.807, 2.05) is 11.8 Å². The Bertz CT molecular complexity index is 314. The third kappa shape index (κ3) is 19.3. The van der Waals surface area contributed by atoms with Crippen molar-refractivity contribution < 1.29 is 24.2 Å². The molecule has 0 radical (unpaired) electrons. The first-order chi connectivity index (χ1) is 11.2. The average Bonchev–Trinajstić information content (AvgIpc) is 2.46. The summed E-state index contributed by atoms with van der Waals surface area (Å²) < 4.78 is 9.35. The van der Waals surface area contributed by atoms with Gasteiger partial charge < -0.3 is 19.5 Å². The van der Waals surface area contributed by atoms with Crippen molar-refractivity contribution >= 4 is 23.0 Å². The zero-order valence-electron chi connectivity index (χ0n) is 16.0. The molecule has 0 rings (SSSR count). The monoisotopic (exact) mass is 365 g/mol. The minimum Gasteiger partial charge on any atom is -0.463 e. The summed E-state index contributed by atoms with van der Waals surface area (Å²) in [5.41, 5.74) is 0. The lowest BCUT2D eigenvalue weighted by atomic mass is 10.1.